The minimum Gasteiger partial charge on any atom is -0.245 e. The number of hydrogen-bond donors (Lipinski definition) is 0. The van der Waals surface area contributed by atoms with Gasteiger partial charge in [0.1, 0.15) is 11.1 Å². The molecule has 1 aliphatic heterocycles. The molecular weight excluding hydrogens is 256 g/mol. The molecule has 1 aliphatic rings. The van der Waals surface area contributed by atoms with Crippen molar-refractivity contribution in [1.29, 1.82) is 5.26 Å². The van der Waals surface area contributed by atoms with Crippen molar-refractivity contribution in [2.45, 2.75) is 23.6 Å². The first-order valence-electron chi connectivity index (χ1n) is 5.25. The minimum absolute atomic E-state index is 0.0291. The Morgan fingerprint density at radius 1 is 1.53 bits per heavy atom. The van der Waals surface area contributed by atoms with Crippen LogP contribution in [0.5, 0.6) is 0 Å². The van der Waals surface area contributed by atoms with Crippen LogP contribution in [0.3, 0.4) is 0 Å². The number of rotatable bonds is 2. The van der Waals surface area contributed by atoms with Gasteiger partial charge in [-0.2, -0.15) is 5.26 Å². The van der Waals surface area contributed by atoms with Crippen molar-refractivity contribution < 1.29 is 8.42 Å². The fraction of sp³-hybridized carbons (Fsp3) is 0.455. The molecule has 0 unspecified atom stereocenters. The van der Waals surface area contributed by atoms with Crippen molar-refractivity contribution in [3.8, 4) is 6.07 Å². The Hall–Kier alpha value is -1.06. The Kier molecular flexibility index (Phi) is 3.40. The quantitative estimate of drug-likeness (QED) is 0.813. The second kappa shape index (κ2) is 4.67. The molecule has 0 radical (unpaired) electrons. The topological polar surface area (TPSA) is 70.8 Å². The highest BCUT2D eigenvalue weighted by atomic mass is 32.2. The van der Waals surface area contributed by atoms with Crippen LogP contribution >= 0.6 is 11.8 Å². The molecule has 1 aromatic rings. The van der Waals surface area contributed by atoms with Gasteiger partial charge in [0, 0.05) is 10.9 Å². The molecule has 0 N–H and O–H groups in total. The third-order valence-electron chi connectivity index (χ3n) is 2.59. The number of nitriles is 1. The van der Waals surface area contributed by atoms with E-state index in [0.717, 1.165) is 5.69 Å². The van der Waals surface area contributed by atoms with Gasteiger partial charge in [-0.15, -0.1) is 11.8 Å². The van der Waals surface area contributed by atoms with Gasteiger partial charge in [0.05, 0.1) is 17.1 Å². The Balaban J connectivity index is 2.20. The lowest BCUT2D eigenvalue weighted by Crippen LogP contribution is -2.07. The van der Waals surface area contributed by atoms with Gasteiger partial charge in [-0.3, -0.25) is 0 Å². The van der Waals surface area contributed by atoms with Gasteiger partial charge in [0.2, 0.25) is 0 Å². The van der Waals surface area contributed by atoms with E-state index in [-0.39, 0.29) is 16.8 Å². The average molecular weight is 268 g/mol. The van der Waals surface area contributed by atoms with Gasteiger partial charge in [-0.25, -0.2) is 13.4 Å². The van der Waals surface area contributed by atoms with Crippen molar-refractivity contribution in [2.24, 2.45) is 0 Å². The van der Waals surface area contributed by atoms with E-state index in [1.165, 1.54) is 11.8 Å². The highest BCUT2D eigenvalue weighted by Gasteiger charge is 2.29. The Morgan fingerprint density at radius 2 is 2.29 bits per heavy atom. The number of aromatic nitrogens is 1. The van der Waals surface area contributed by atoms with Crippen LogP contribution in [-0.4, -0.2) is 30.2 Å². The molecule has 0 bridgehead atoms. The molecule has 90 valence electrons. The molecule has 0 saturated carbocycles. The van der Waals surface area contributed by atoms with Crippen LogP contribution in [-0.2, 0) is 9.84 Å². The van der Waals surface area contributed by atoms with E-state index >= 15 is 0 Å². The summed E-state index contributed by atoms with van der Waals surface area (Å²) in [6, 6.07) is 5.60. The Morgan fingerprint density at radius 3 is 2.88 bits per heavy atom. The van der Waals surface area contributed by atoms with Crippen LogP contribution in [0, 0.1) is 18.3 Å². The predicted octanol–water partition coefficient (Wildman–Crippen LogP) is 1.54. The van der Waals surface area contributed by atoms with Crippen LogP contribution in [0.25, 0.3) is 0 Å². The second-order valence-electron chi connectivity index (χ2n) is 4.06. The zero-order valence-corrected chi connectivity index (χ0v) is 11.0. The van der Waals surface area contributed by atoms with Crippen LogP contribution in [0.1, 0.15) is 17.7 Å². The standard InChI is InChI=1S/C11H12N2O2S2/c1-8-2-3-9(6-12)11(13-8)16-10-4-5-17(14,15)7-10/h2-3,10H,4-5,7H2,1H3/t10-/m0/s1. The molecule has 0 amide bonds. The number of aryl methyl sites for hydroxylation is 1. The van der Waals surface area contributed by atoms with Gasteiger partial charge in [0.25, 0.3) is 0 Å². The molecule has 4 nitrogen and oxygen atoms in total. The van der Waals surface area contributed by atoms with Gasteiger partial charge >= 0.3 is 0 Å². The van der Waals surface area contributed by atoms with Gasteiger partial charge in [0.15, 0.2) is 9.84 Å². The summed E-state index contributed by atoms with van der Waals surface area (Å²) in [5.74, 6) is 0.441. The summed E-state index contributed by atoms with van der Waals surface area (Å²) in [5, 5.41) is 9.64. The zero-order chi connectivity index (χ0) is 12.5. The van der Waals surface area contributed by atoms with E-state index < -0.39 is 9.84 Å². The first-order valence-corrected chi connectivity index (χ1v) is 7.95. The fourth-order valence-electron chi connectivity index (χ4n) is 1.72. The Bertz CT molecular complexity index is 576. The maximum absolute atomic E-state index is 11.4. The molecule has 2 heterocycles. The van der Waals surface area contributed by atoms with Crippen molar-refractivity contribution in [2.75, 3.05) is 11.5 Å². The Labute approximate surface area is 105 Å². The van der Waals surface area contributed by atoms with E-state index in [0.29, 0.717) is 17.0 Å². The number of pyridine rings is 1. The largest absolute Gasteiger partial charge is 0.245 e. The molecule has 0 aromatic carbocycles. The molecule has 1 aromatic heterocycles. The lowest BCUT2D eigenvalue weighted by atomic mass is 10.3. The summed E-state index contributed by atoms with van der Waals surface area (Å²) in [6.45, 7) is 1.86. The summed E-state index contributed by atoms with van der Waals surface area (Å²) >= 11 is 1.41. The SMILES string of the molecule is Cc1ccc(C#N)c(S[C@H]2CCS(=O)(=O)C2)n1. The van der Waals surface area contributed by atoms with Crippen LogP contribution in [0.15, 0.2) is 17.2 Å². The smallest absolute Gasteiger partial charge is 0.151 e. The average Bonchev–Trinajstić information content (AvgIpc) is 2.58. The molecule has 1 atom stereocenters. The summed E-state index contributed by atoms with van der Waals surface area (Å²) in [6.07, 6.45) is 0.646. The zero-order valence-electron chi connectivity index (χ0n) is 9.38. The van der Waals surface area contributed by atoms with Crippen molar-refractivity contribution >= 4 is 21.6 Å². The summed E-state index contributed by atoms with van der Waals surface area (Å²) < 4.78 is 22.7. The summed E-state index contributed by atoms with van der Waals surface area (Å²) in [4.78, 5) is 4.30. The maximum Gasteiger partial charge on any atom is 0.151 e. The van der Waals surface area contributed by atoms with E-state index in [1.807, 2.05) is 6.92 Å². The first kappa shape index (κ1) is 12.4. The number of hydrogen-bond acceptors (Lipinski definition) is 5. The van der Waals surface area contributed by atoms with E-state index in [9.17, 15) is 8.42 Å². The minimum atomic E-state index is -2.88. The van der Waals surface area contributed by atoms with E-state index in [1.54, 1.807) is 12.1 Å². The number of nitrogens with zero attached hydrogens (tertiary/aromatic N) is 2. The van der Waals surface area contributed by atoms with E-state index in [2.05, 4.69) is 11.1 Å². The molecular formula is C11H12N2O2S2. The third-order valence-corrected chi connectivity index (χ3v) is 5.84. The third kappa shape index (κ3) is 2.99. The first-order chi connectivity index (χ1) is 8.00. The number of thioether (sulfide) groups is 1. The monoisotopic (exact) mass is 268 g/mol. The van der Waals surface area contributed by atoms with Crippen LogP contribution in [0.4, 0.5) is 0 Å². The highest BCUT2D eigenvalue weighted by molar-refractivity contribution is 8.01. The highest BCUT2D eigenvalue weighted by Crippen LogP contribution is 2.31. The summed E-state index contributed by atoms with van der Waals surface area (Å²) in [5.41, 5.74) is 1.36. The predicted molar refractivity (Wildman–Crippen MR) is 66.6 cm³/mol. The molecule has 0 aliphatic carbocycles. The normalized spacial score (nSPS) is 22.2. The molecule has 0 spiro atoms. The fourth-order valence-corrected chi connectivity index (χ4v) is 5.30. The molecule has 6 heteroatoms. The van der Waals surface area contributed by atoms with Gasteiger partial charge in [-0.05, 0) is 25.5 Å². The maximum atomic E-state index is 11.4. The van der Waals surface area contributed by atoms with Crippen LogP contribution < -0.4 is 0 Å². The molecule has 17 heavy (non-hydrogen) atoms. The van der Waals surface area contributed by atoms with E-state index in [4.69, 9.17) is 5.26 Å². The van der Waals surface area contributed by atoms with Gasteiger partial charge < -0.3 is 0 Å². The number of sulfone groups is 1. The molecule has 1 saturated heterocycles. The molecule has 2 rings (SSSR count). The van der Waals surface area contributed by atoms with Gasteiger partial charge in [-0.1, -0.05) is 0 Å². The van der Waals surface area contributed by atoms with Crippen LogP contribution in [0.2, 0.25) is 0 Å². The van der Waals surface area contributed by atoms with Crippen molar-refractivity contribution in [3.63, 3.8) is 0 Å². The van der Waals surface area contributed by atoms with Crippen molar-refractivity contribution in [1.82, 2.24) is 4.98 Å². The summed E-state index contributed by atoms with van der Waals surface area (Å²) in [7, 11) is -2.88. The second-order valence-corrected chi connectivity index (χ2v) is 7.58. The van der Waals surface area contributed by atoms with Crippen molar-refractivity contribution in [3.05, 3.63) is 23.4 Å². The lowest BCUT2D eigenvalue weighted by molar-refractivity contribution is 0.602. The lowest BCUT2D eigenvalue weighted by Gasteiger charge is -2.08. The molecule has 1 fully saturated rings.